The van der Waals surface area contributed by atoms with Gasteiger partial charge in [-0.2, -0.15) is 0 Å². The summed E-state index contributed by atoms with van der Waals surface area (Å²) in [5.41, 5.74) is 2.29. The van der Waals surface area contributed by atoms with E-state index in [0.717, 1.165) is 11.1 Å². The Morgan fingerprint density at radius 2 is 1.81 bits per heavy atom. The minimum absolute atomic E-state index is 0.0543. The molecule has 27 heavy (non-hydrogen) atoms. The molecule has 8 heteroatoms. The number of halogens is 2. The molecule has 0 heterocycles. The van der Waals surface area contributed by atoms with Crippen LogP contribution in [0.5, 0.6) is 11.5 Å². The Hall–Kier alpha value is -2.44. The molecule has 0 fully saturated rings. The number of carbonyl (C=O) groups is 2. The van der Waals surface area contributed by atoms with Crippen LogP contribution in [0.2, 0.25) is 10.0 Å². The SMILES string of the molecule is CCOc1cc(C(=O)OCC(=O)Nc2c(C)cc(C)cc2Cl)cc(Cl)c1O. The number of ether oxygens (including phenoxy) is 2. The first-order chi connectivity index (χ1) is 12.7. The molecule has 2 aromatic rings. The van der Waals surface area contributed by atoms with Crippen molar-refractivity contribution < 1.29 is 24.2 Å². The third kappa shape index (κ3) is 5.28. The lowest BCUT2D eigenvalue weighted by Crippen LogP contribution is -2.21. The van der Waals surface area contributed by atoms with Gasteiger partial charge in [0.1, 0.15) is 0 Å². The van der Waals surface area contributed by atoms with Gasteiger partial charge in [0.2, 0.25) is 0 Å². The Morgan fingerprint density at radius 1 is 1.11 bits per heavy atom. The van der Waals surface area contributed by atoms with Crippen molar-refractivity contribution in [1.82, 2.24) is 0 Å². The average molecular weight is 412 g/mol. The number of anilines is 1. The first kappa shape index (κ1) is 20.9. The number of hydrogen-bond donors (Lipinski definition) is 2. The standard InChI is InChI=1S/C19H19Cl2NO5/c1-4-26-15-8-12(7-14(21)18(15)24)19(25)27-9-16(23)22-17-11(3)5-10(2)6-13(17)20/h5-8,24H,4,9H2,1-3H3,(H,22,23). The van der Waals surface area contributed by atoms with Gasteiger partial charge in [-0.15, -0.1) is 0 Å². The van der Waals surface area contributed by atoms with Crippen molar-refractivity contribution in [2.75, 3.05) is 18.5 Å². The van der Waals surface area contributed by atoms with Gasteiger partial charge >= 0.3 is 5.97 Å². The molecule has 0 atom stereocenters. The van der Waals surface area contributed by atoms with Gasteiger partial charge in [-0.25, -0.2) is 4.79 Å². The van der Waals surface area contributed by atoms with Crippen LogP contribution in [0, 0.1) is 13.8 Å². The number of esters is 1. The molecular formula is C19H19Cl2NO5. The second-order valence-corrected chi connectivity index (χ2v) is 6.62. The van der Waals surface area contributed by atoms with Crippen LogP contribution in [0.25, 0.3) is 0 Å². The van der Waals surface area contributed by atoms with Crippen LogP contribution >= 0.6 is 23.2 Å². The van der Waals surface area contributed by atoms with Crippen molar-refractivity contribution in [3.05, 3.63) is 51.0 Å². The summed E-state index contributed by atoms with van der Waals surface area (Å²) in [5.74, 6) is -1.52. The topological polar surface area (TPSA) is 84.9 Å². The largest absolute Gasteiger partial charge is 0.503 e. The molecule has 0 saturated heterocycles. The Labute approximate surface area is 167 Å². The van der Waals surface area contributed by atoms with E-state index in [4.69, 9.17) is 32.7 Å². The highest BCUT2D eigenvalue weighted by Crippen LogP contribution is 2.35. The molecule has 0 radical (unpaired) electrons. The zero-order valence-corrected chi connectivity index (χ0v) is 16.6. The molecule has 1 amide bonds. The molecule has 0 unspecified atom stereocenters. The molecule has 0 aromatic heterocycles. The molecule has 6 nitrogen and oxygen atoms in total. The van der Waals surface area contributed by atoms with Gasteiger partial charge in [-0.3, -0.25) is 4.79 Å². The quantitative estimate of drug-likeness (QED) is 0.682. The van der Waals surface area contributed by atoms with Crippen LogP contribution in [0.15, 0.2) is 24.3 Å². The number of aryl methyl sites for hydroxylation is 2. The zero-order chi connectivity index (χ0) is 20.1. The molecular weight excluding hydrogens is 393 g/mol. The summed E-state index contributed by atoms with van der Waals surface area (Å²) in [6, 6.07) is 6.14. The number of amides is 1. The highest BCUT2D eigenvalue weighted by Gasteiger charge is 2.17. The maximum atomic E-state index is 12.2. The predicted molar refractivity (Wildman–Crippen MR) is 104 cm³/mol. The second kappa shape index (κ2) is 8.97. The maximum absolute atomic E-state index is 12.2. The van der Waals surface area contributed by atoms with Crippen LogP contribution in [0.4, 0.5) is 5.69 Å². The molecule has 0 saturated carbocycles. The van der Waals surface area contributed by atoms with Gasteiger partial charge in [-0.1, -0.05) is 29.3 Å². The summed E-state index contributed by atoms with van der Waals surface area (Å²) in [7, 11) is 0. The Balaban J connectivity index is 2.04. The molecule has 0 spiro atoms. The Bertz CT molecular complexity index is 860. The first-order valence-corrected chi connectivity index (χ1v) is 8.87. The lowest BCUT2D eigenvalue weighted by atomic mass is 10.1. The van der Waals surface area contributed by atoms with Crippen molar-refractivity contribution in [1.29, 1.82) is 0 Å². The van der Waals surface area contributed by atoms with Crippen molar-refractivity contribution in [3.8, 4) is 11.5 Å². The Kier molecular flexibility index (Phi) is 6.93. The van der Waals surface area contributed by atoms with Gasteiger partial charge in [0.25, 0.3) is 5.91 Å². The van der Waals surface area contributed by atoms with Gasteiger partial charge < -0.3 is 19.9 Å². The summed E-state index contributed by atoms with van der Waals surface area (Å²) in [6.07, 6.45) is 0. The summed E-state index contributed by atoms with van der Waals surface area (Å²) in [5, 5.41) is 12.8. The number of carbonyl (C=O) groups excluding carboxylic acids is 2. The maximum Gasteiger partial charge on any atom is 0.338 e. The summed E-state index contributed by atoms with van der Waals surface area (Å²) >= 11 is 12.0. The van der Waals surface area contributed by atoms with Crippen molar-refractivity contribution in [3.63, 3.8) is 0 Å². The number of benzene rings is 2. The lowest BCUT2D eigenvalue weighted by molar-refractivity contribution is -0.119. The van der Waals surface area contributed by atoms with Crippen LogP contribution in [0.3, 0.4) is 0 Å². The summed E-state index contributed by atoms with van der Waals surface area (Å²) in [6.45, 7) is 5.20. The van der Waals surface area contributed by atoms with Gasteiger partial charge in [0.05, 0.1) is 27.9 Å². The van der Waals surface area contributed by atoms with E-state index in [1.54, 1.807) is 13.0 Å². The number of phenols is 1. The molecule has 0 aliphatic heterocycles. The number of rotatable bonds is 6. The van der Waals surface area contributed by atoms with E-state index < -0.39 is 18.5 Å². The van der Waals surface area contributed by atoms with Gasteiger partial charge in [0.15, 0.2) is 18.1 Å². The van der Waals surface area contributed by atoms with E-state index in [2.05, 4.69) is 5.32 Å². The highest BCUT2D eigenvalue weighted by molar-refractivity contribution is 6.34. The van der Waals surface area contributed by atoms with Crippen molar-refractivity contribution in [2.24, 2.45) is 0 Å². The fraction of sp³-hybridized carbons (Fsp3) is 0.263. The van der Waals surface area contributed by atoms with Crippen LogP contribution in [-0.4, -0.2) is 30.2 Å². The van der Waals surface area contributed by atoms with Crippen LogP contribution in [-0.2, 0) is 9.53 Å². The monoisotopic (exact) mass is 411 g/mol. The van der Waals surface area contributed by atoms with Crippen LogP contribution < -0.4 is 10.1 Å². The smallest absolute Gasteiger partial charge is 0.338 e. The first-order valence-electron chi connectivity index (χ1n) is 8.12. The van der Waals surface area contributed by atoms with E-state index >= 15 is 0 Å². The molecule has 144 valence electrons. The number of phenolic OH excluding ortho intramolecular Hbond substituents is 1. The average Bonchev–Trinajstić information content (AvgIpc) is 2.59. The third-order valence-corrected chi connectivity index (χ3v) is 4.18. The molecule has 0 bridgehead atoms. The normalized spacial score (nSPS) is 10.4. The number of hydrogen-bond acceptors (Lipinski definition) is 5. The number of nitrogens with one attached hydrogen (secondary N) is 1. The Morgan fingerprint density at radius 3 is 2.44 bits per heavy atom. The fourth-order valence-electron chi connectivity index (χ4n) is 2.42. The molecule has 2 rings (SSSR count). The summed E-state index contributed by atoms with van der Waals surface area (Å²) < 4.78 is 10.2. The minimum atomic E-state index is -0.778. The van der Waals surface area contributed by atoms with E-state index in [1.807, 2.05) is 19.9 Å². The molecule has 0 aliphatic carbocycles. The van der Waals surface area contributed by atoms with Crippen LogP contribution in [0.1, 0.15) is 28.4 Å². The van der Waals surface area contributed by atoms with E-state index in [0.29, 0.717) is 10.7 Å². The summed E-state index contributed by atoms with van der Waals surface area (Å²) in [4.78, 5) is 24.3. The minimum Gasteiger partial charge on any atom is -0.503 e. The van der Waals surface area contributed by atoms with Crippen molar-refractivity contribution >= 4 is 40.8 Å². The van der Waals surface area contributed by atoms with Crippen molar-refractivity contribution in [2.45, 2.75) is 20.8 Å². The fourth-order valence-corrected chi connectivity index (χ4v) is 3.00. The molecule has 2 N–H and O–H groups in total. The highest BCUT2D eigenvalue weighted by atomic mass is 35.5. The van der Waals surface area contributed by atoms with Gasteiger partial charge in [-0.05, 0) is 50.1 Å². The zero-order valence-electron chi connectivity index (χ0n) is 15.1. The molecule has 0 aliphatic rings. The second-order valence-electron chi connectivity index (χ2n) is 5.80. The van der Waals surface area contributed by atoms with E-state index in [-0.39, 0.29) is 28.7 Å². The lowest BCUT2D eigenvalue weighted by Gasteiger charge is -2.12. The number of aromatic hydroxyl groups is 1. The third-order valence-electron chi connectivity index (χ3n) is 3.59. The predicted octanol–water partition coefficient (Wildman–Crippen LogP) is 4.51. The van der Waals surface area contributed by atoms with E-state index in [9.17, 15) is 14.7 Å². The van der Waals surface area contributed by atoms with Gasteiger partial charge in [0, 0.05) is 0 Å². The van der Waals surface area contributed by atoms with E-state index in [1.165, 1.54) is 12.1 Å². The molecule has 2 aromatic carbocycles.